The van der Waals surface area contributed by atoms with Gasteiger partial charge in [-0.05, 0) is 23.8 Å². The molecule has 1 aromatic carbocycles. The summed E-state index contributed by atoms with van der Waals surface area (Å²) in [6.45, 7) is 0.554. The lowest BCUT2D eigenvalue weighted by Crippen LogP contribution is -2.07. The topological polar surface area (TPSA) is 26.3 Å². The molecule has 1 heterocycles. The molecular weight excluding hydrogens is 231 g/mol. The van der Waals surface area contributed by atoms with E-state index >= 15 is 0 Å². The lowest BCUT2D eigenvalue weighted by molar-refractivity contribution is -0.117. The van der Waals surface area contributed by atoms with Gasteiger partial charge in [-0.15, -0.1) is 0 Å². The van der Waals surface area contributed by atoms with Crippen LogP contribution in [0.15, 0.2) is 30.0 Å². The molecule has 1 aliphatic rings. The number of allylic oxidation sites excluding steroid dienone is 1. The van der Waals surface area contributed by atoms with Crippen molar-refractivity contribution in [1.82, 2.24) is 0 Å². The first-order valence-electron chi connectivity index (χ1n) is 4.97. The monoisotopic (exact) mass is 240 g/mol. The molecule has 1 aliphatic heterocycles. The number of rotatable bonds is 3. The van der Waals surface area contributed by atoms with Gasteiger partial charge in [-0.25, -0.2) is 4.39 Å². The van der Waals surface area contributed by atoms with Gasteiger partial charge in [0.15, 0.2) is 5.76 Å². The molecule has 4 heteroatoms. The minimum absolute atomic E-state index is 0.119. The second-order valence-corrected chi connectivity index (χ2v) is 3.95. The molecule has 0 bridgehead atoms. The molecule has 0 saturated carbocycles. The Balaban J connectivity index is 2.11. The van der Waals surface area contributed by atoms with Gasteiger partial charge in [0.05, 0.1) is 6.61 Å². The summed E-state index contributed by atoms with van der Waals surface area (Å²) >= 11 is 5.83. The Kier molecular flexibility index (Phi) is 3.25. The smallest absolute Gasteiger partial charge is 0.201 e. The van der Waals surface area contributed by atoms with Crippen LogP contribution in [0.2, 0.25) is 5.02 Å². The molecule has 1 aromatic rings. The largest absolute Gasteiger partial charge is 0.490 e. The number of benzene rings is 1. The summed E-state index contributed by atoms with van der Waals surface area (Å²) in [7, 11) is 0. The fourth-order valence-corrected chi connectivity index (χ4v) is 1.77. The average Bonchev–Trinajstić information content (AvgIpc) is 2.75. The fourth-order valence-electron chi connectivity index (χ4n) is 1.54. The Morgan fingerprint density at radius 1 is 1.50 bits per heavy atom. The Labute approximate surface area is 97.7 Å². The Morgan fingerprint density at radius 3 is 2.94 bits per heavy atom. The van der Waals surface area contributed by atoms with E-state index in [0.717, 1.165) is 6.42 Å². The molecule has 0 amide bonds. The van der Waals surface area contributed by atoms with E-state index in [1.54, 1.807) is 6.08 Å². The van der Waals surface area contributed by atoms with Crippen LogP contribution in [0.3, 0.4) is 0 Å². The first-order valence-corrected chi connectivity index (χ1v) is 5.34. The maximum absolute atomic E-state index is 12.8. The van der Waals surface area contributed by atoms with E-state index in [4.69, 9.17) is 16.3 Å². The van der Waals surface area contributed by atoms with E-state index < -0.39 is 5.82 Å². The number of Topliss-reactive ketones (excluding diaryl/α,β-unsaturated/α-hetero) is 1. The van der Waals surface area contributed by atoms with Crippen molar-refractivity contribution < 1.29 is 13.9 Å². The molecule has 0 atom stereocenters. The number of carbonyl (C=O) groups excluding carboxylic acids is 1. The second-order valence-electron chi connectivity index (χ2n) is 3.54. The molecule has 0 radical (unpaired) electrons. The van der Waals surface area contributed by atoms with Crippen molar-refractivity contribution in [3.8, 4) is 0 Å². The quantitative estimate of drug-likeness (QED) is 0.812. The molecule has 0 unspecified atom stereocenters. The van der Waals surface area contributed by atoms with Crippen molar-refractivity contribution in [3.63, 3.8) is 0 Å². The van der Waals surface area contributed by atoms with Crippen molar-refractivity contribution in [2.75, 3.05) is 6.61 Å². The molecule has 0 spiro atoms. The predicted octanol–water partition coefficient (Wildman–Crippen LogP) is 2.89. The van der Waals surface area contributed by atoms with Crippen LogP contribution in [0.25, 0.3) is 0 Å². The normalized spacial score (nSPS) is 14.5. The maximum Gasteiger partial charge on any atom is 0.201 e. The highest BCUT2D eigenvalue weighted by atomic mass is 35.5. The molecule has 2 rings (SSSR count). The van der Waals surface area contributed by atoms with E-state index in [1.165, 1.54) is 18.2 Å². The Morgan fingerprint density at radius 2 is 2.31 bits per heavy atom. The van der Waals surface area contributed by atoms with Crippen molar-refractivity contribution in [1.29, 1.82) is 0 Å². The first-order chi connectivity index (χ1) is 7.66. The third kappa shape index (κ3) is 2.42. The standard InChI is InChI=1S/C12H10ClFO2/c13-10-7-9(14)4-3-8(10)6-11(15)12-2-1-5-16-12/h2-4,7H,1,5-6H2. The summed E-state index contributed by atoms with van der Waals surface area (Å²) in [6, 6.07) is 4.01. The number of ketones is 1. The minimum Gasteiger partial charge on any atom is -0.490 e. The zero-order valence-corrected chi connectivity index (χ0v) is 9.26. The van der Waals surface area contributed by atoms with Gasteiger partial charge in [-0.2, -0.15) is 0 Å². The molecule has 0 saturated heterocycles. The van der Waals surface area contributed by atoms with Crippen LogP contribution in [-0.2, 0) is 16.0 Å². The van der Waals surface area contributed by atoms with Crippen LogP contribution < -0.4 is 0 Å². The van der Waals surface area contributed by atoms with Gasteiger partial charge >= 0.3 is 0 Å². The van der Waals surface area contributed by atoms with Gasteiger partial charge in [0.2, 0.25) is 5.78 Å². The van der Waals surface area contributed by atoms with Gasteiger partial charge in [-0.3, -0.25) is 4.79 Å². The van der Waals surface area contributed by atoms with Crippen LogP contribution in [0.1, 0.15) is 12.0 Å². The van der Waals surface area contributed by atoms with E-state index in [9.17, 15) is 9.18 Å². The SMILES string of the molecule is O=C(Cc1ccc(F)cc1Cl)C1=CCCO1. The molecule has 84 valence electrons. The molecule has 0 aliphatic carbocycles. The molecule has 0 fully saturated rings. The lowest BCUT2D eigenvalue weighted by atomic mass is 10.1. The van der Waals surface area contributed by atoms with Crippen LogP contribution in [0.5, 0.6) is 0 Å². The zero-order chi connectivity index (χ0) is 11.5. The average molecular weight is 241 g/mol. The highest BCUT2D eigenvalue weighted by Gasteiger charge is 2.16. The fraction of sp³-hybridized carbons (Fsp3) is 0.250. The highest BCUT2D eigenvalue weighted by Crippen LogP contribution is 2.20. The van der Waals surface area contributed by atoms with Crippen molar-refractivity contribution in [2.45, 2.75) is 12.8 Å². The predicted molar refractivity (Wildman–Crippen MR) is 58.8 cm³/mol. The van der Waals surface area contributed by atoms with Gasteiger partial charge in [0.25, 0.3) is 0 Å². The van der Waals surface area contributed by atoms with E-state index in [0.29, 0.717) is 17.9 Å². The Hall–Kier alpha value is -1.35. The number of hydrogen-bond donors (Lipinski definition) is 0. The third-order valence-corrected chi connectivity index (χ3v) is 2.70. The van der Waals surface area contributed by atoms with Crippen LogP contribution in [-0.4, -0.2) is 12.4 Å². The maximum atomic E-state index is 12.8. The highest BCUT2D eigenvalue weighted by molar-refractivity contribution is 6.31. The van der Waals surface area contributed by atoms with Gasteiger partial charge < -0.3 is 4.74 Å². The van der Waals surface area contributed by atoms with Crippen molar-refractivity contribution >= 4 is 17.4 Å². The van der Waals surface area contributed by atoms with E-state index in [2.05, 4.69) is 0 Å². The summed E-state index contributed by atoms with van der Waals surface area (Å²) < 4.78 is 17.9. The lowest BCUT2D eigenvalue weighted by Gasteiger charge is -2.05. The van der Waals surface area contributed by atoms with Gasteiger partial charge in [0, 0.05) is 17.9 Å². The Bertz CT molecular complexity index is 454. The number of halogens is 2. The first kappa shape index (κ1) is 11.1. The number of ether oxygens (including phenoxy) is 1. The van der Waals surface area contributed by atoms with Crippen LogP contribution in [0.4, 0.5) is 4.39 Å². The van der Waals surface area contributed by atoms with Gasteiger partial charge in [-0.1, -0.05) is 17.7 Å². The summed E-state index contributed by atoms with van der Waals surface area (Å²) in [5.41, 5.74) is 0.615. The minimum atomic E-state index is -0.405. The third-order valence-electron chi connectivity index (χ3n) is 2.35. The molecule has 0 aromatic heterocycles. The van der Waals surface area contributed by atoms with Crippen molar-refractivity contribution in [3.05, 3.63) is 46.4 Å². The summed E-state index contributed by atoms with van der Waals surface area (Å²) in [6.07, 6.45) is 2.67. The summed E-state index contributed by atoms with van der Waals surface area (Å²) in [5, 5.41) is 0.270. The summed E-state index contributed by atoms with van der Waals surface area (Å²) in [5.74, 6) is -0.135. The molecule has 16 heavy (non-hydrogen) atoms. The van der Waals surface area contributed by atoms with Crippen molar-refractivity contribution in [2.24, 2.45) is 0 Å². The molecular formula is C12H10ClFO2. The summed E-state index contributed by atoms with van der Waals surface area (Å²) in [4.78, 5) is 11.7. The van der Waals surface area contributed by atoms with E-state index in [1.807, 2.05) is 0 Å². The van der Waals surface area contributed by atoms with E-state index in [-0.39, 0.29) is 17.2 Å². The van der Waals surface area contributed by atoms with Crippen LogP contribution in [0, 0.1) is 5.82 Å². The zero-order valence-electron chi connectivity index (χ0n) is 8.50. The number of carbonyl (C=O) groups is 1. The van der Waals surface area contributed by atoms with Crippen LogP contribution >= 0.6 is 11.6 Å². The van der Waals surface area contributed by atoms with Gasteiger partial charge in [0.1, 0.15) is 5.82 Å². The second kappa shape index (κ2) is 4.66. The molecule has 0 N–H and O–H groups in total. The number of hydrogen-bond acceptors (Lipinski definition) is 2. The molecule has 2 nitrogen and oxygen atoms in total.